The Balaban J connectivity index is 2.40. The molecule has 4 heteroatoms. The highest BCUT2D eigenvalue weighted by atomic mass is 79.9. The standard InChI is InChI=1S/C12H11BrClNO/c1-7-2-5-11(16-7)12(15)9-6-8(14)3-4-10(9)13/h2-6,12H,15H2,1H3. The molecule has 0 saturated carbocycles. The largest absolute Gasteiger partial charge is 0.464 e. The summed E-state index contributed by atoms with van der Waals surface area (Å²) < 4.78 is 6.43. The van der Waals surface area contributed by atoms with Crippen LogP contribution in [0.1, 0.15) is 23.1 Å². The molecule has 1 heterocycles. The minimum atomic E-state index is -0.304. The van der Waals surface area contributed by atoms with Gasteiger partial charge in [-0.3, -0.25) is 0 Å². The van der Waals surface area contributed by atoms with Gasteiger partial charge in [-0.2, -0.15) is 0 Å². The SMILES string of the molecule is Cc1ccc(C(N)c2cc(Cl)ccc2Br)o1. The van der Waals surface area contributed by atoms with E-state index in [-0.39, 0.29) is 6.04 Å². The van der Waals surface area contributed by atoms with Gasteiger partial charge in [0, 0.05) is 9.50 Å². The van der Waals surface area contributed by atoms with Gasteiger partial charge >= 0.3 is 0 Å². The molecule has 0 spiro atoms. The van der Waals surface area contributed by atoms with E-state index in [1.807, 2.05) is 37.3 Å². The topological polar surface area (TPSA) is 39.2 Å². The van der Waals surface area contributed by atoms with Crippen molar-refractivity contribution in [1.82, 2.24) is 0 Å². The van der Waals surface area contributed by atoms with E-state index in [1.54, 1.807) is 0 Å². The second kappa shape index (κ2) is 4.62. The van der Waals surface area contributed by atoms with Gasteiger partial charge in [0.05, 0.1) is 6.04 Å². The van der Waals surface area contributed by atoms with Crippen molar-refractivity contribution in [2.75, 3.05) is 0 Å². The van der Waals surface area contributed by atoms with E-state index in [0.29, 0.717) is 5.02 Å². The number of halogens is 2. The van der Waals surface area contributed by atoms with Crippen LogP contribution in [0.2, 0.25) is 5.02 Å². The maximum Gasteiger partial charge on any atom is 0.125 e. The van der Waals surface area contributed by atoms with Gasteiger partial charge < -0.3 is 10.2 Å². The minimum absolute atomic E-state index is 0.304. The van der Waals surface area contributed by atoms with Crippen LogP contribution in [0.3, 0.4) is 0 Å². The Hall–Kier alpha value is -0.770. The summed E-state index contributed by atoms with van der Waals surface area (Å²) in [5.74, 6) is 1.59. The molecule has 1 aromatic carbocycles. The Kier molecular flexibility index (Phi) is 3.38. The van der Waals surface area contributed by atoms with Gasteiger partial charge in [-0.05, 0) is 42.8 Å². The first-order chi connectivity index (χ1) is 7.58. The van der Waals surface area contributed by atoms with Crippen LogP contribution in [0.4, 0.5) is 0 Å². The van der Waals surface area contributed by atoms with E-state index in [2.05, 4.69) is 15.9 Å². The third kappa shape index (κ3) is 2.32. The summed E-state index contributed by atoms with van der Waals surface area (Å²) in [6.45, 7) is 1.89. The zero-order chi connectivity index (χ0) is 11.7. The molecule has 0 aliphatic rings. The van der Waals surface area contributed by atoms with Crippen LogP contribution in [0.5, 0.6) is 0 Å². The summed E-state index contributed by atoms with van der Waals surface area (Å²) in [6.07, 6.45) is 0. The van der Waals surface area contributed by atoms with E-state index in [9.17, 15) is 0 Å². The predicted octanol–water partition coefficient (Wildman–Crippen LogP) is 4.05. The highest BCUT2D eigenvalue weighted by Gasteiger charge is 2.15. The van der Waals surface area contributed by atoms with Gasteiger partial charge in [0.2, 0.25) is 0 Å². The molecule has 1 atom stereocenters. The highest BCUT2D eigenvalue weighted by Crippen LogP contribution is 2.30. The Labute approximate surface area is 108 Å². The number of rotatable bonds is 2. The van der Waals surface area contributed by atoms with Crippen molar-refractivity contribution in [3.05, 3.63) is 56.9 Å². The zero-order valence-electron chi connectivity index (χ0n) is 8.71. The molecule has 0 fully saturated rings. The molecule has 16 heavy (non-hydrogen) atoms. The highest BCUT2D eigenvalue weighted by molar-refractivity contribution is 9.10. The van der Waals surface area contributed by atoms with Crippen LogP contribution in [-0.2, 0) is 0 Å². The third-order valence-corrected chi connectivity index (χ3v) is 3.32. The quantitative estimate of drug-likeness (QED) is 0.908. The van der Waals surface area contributed by atoms with Crippen LogP contribution in [0, 0.1) is 6.92 Å². The first kappa shape index (κ1) is 11.7. The van der Waals surface area contributed by atoms with Crippen LogP contribution < -0.4 is 5.73 Å². The molecular formula is C12H11BrClNO. The second-order valence-electron chi connectivity index (χ2n) is 3.59. The lowest BCUT2D eigenvalue weighted by molar-refractivity contribution is 0.466. The average molecular weight is 301 g/mol. The minimum Gasteiger partial charge on any atom is -0.464 e. The van der Waals surface area contributed by atoms with Gasteiger partial charge in [0.15, 0.2) is 0 Å². The third-order valence-electron chi connectivity index (χ3n) is 2.36. The molecule has 0 bridgehead atoms. The van der Waals surface area contributed by atoms with Gasteiger partial charge in [-0.25, -0.2) is 0 Å². The maximum atomic E-state index is 6.12. The number of aryl methyl sites for hydroxylation is 1. The second-order valence-corrected chi connectivity index (χ2v) is 4.88. The molecule has 84 valence electrons. The Bertz CT molecular complexity index is 509. The van der Waals surface area contributed by atoms with Crippen molar-refractivity contribution in [2.45, 2.75) is 13.0 Å². The summed E-state index contributed by atoms with van der Waals surface area (Å²) in [5.41, 5.74) is 7.04. The van der Waals surface area contributed by atoms with Crippen LogP contribution in [0.25, 0.3) is 0 Å². The van der Waals surface area contributed by atoms with E-state index in [4.69, 9.17) is 21.8 Å². The number of furan rings is 1. The van der Waals surface area contributed by atoms with Crippen LogP contribution in [0.15, 0.2) is 39.2 Å². The molecule has 0 radical (unpaired) electrons. The summed E-state index contributed by atoms with van der Waals surface area (Å²) in [6, 6.07) is 9.01. The molecule has 2 N–H and O–H groups in total. The fraction of sp³-hybridized carbons (Fsp3) is 0.167. The monoisotopic (exact) mass is 299 g/mol. The van der Waals surface area contributed by atoms with Gasteiger partial charge in [-0.15, -0.1) is 0 Å². The van der Waals surface area contributed by atoms with E-state index >= 15 is 0 Å². The van der Waals surface area contributed by atoms with E-state index in [0.717, 1.165) is 21.6 Å². The fourth-order valence-electron chi connectivity index (χ4n) is 1.53. The number of hydrogen-bond donors (Lipinski definition) is 1. The smallest absolute Gasteiger partial charge is 0.125 e. The summed E-state index contributed by atoms with van der Waals surface area (Å²) in [4.78, 5) is 0. The normalized spacial score (nSPS) is 12.8. The van der Waals surface area contributed by atoms with Gasteiger partial charge in [-0.1, -0.05) is 27.5 Å². The van der Waals surface area contributed by atoms with Gasteiger partial charge in [0.25, 0.3) is 0 Å². The Morgan fingerprint density at radius 2 is 2.06 bits per heavy atom. The summed E-state index contributed by atoms with van der Waals surface area (Å²) in [5, 5.41) is 0.664. The number of nitrogens with two attached hydrogens (primary N) is 1. The molecule has 1 aromatic heterocycles. The molecule has 0 amide bonds. The first-order valence-corrected chi connectivity index (χ1v) is 6.02. The van der Waals surface area contributed by atoms with E-state index in [1.165, 1.54) is 0 Å². The average Bonchev–Trinajstić information content (AvgIpc) is 2.67. The summed E-state index contributed by atoms with van der Waals surface area (Å²) >= 11 is 9.40. The number of hydrogen-bond acceptors (Lipinski definition) is 2. The lowest BCUT2D eigenvalue weighted by Crippen LogP contribution is -2.11. The van der Waals surface area contributed by atoms with Crippen molar-refractivity contribution < 1.29 is 4.42 Å². The van der Waals surface area contributed by atoms with Gasteiger partial charge in [0.1, 0.15) is 11.5 Å². The molecular weight excluding hydrogens is 289 g/mol. The zero-order valence-corrected chi connectivity index (χ0v) is 11.0. The molecule has 2 nitrogen and oxygen atoms in total. The Morgan fingerprint density at radius 1 is 1.31 bits per heavy atom. The Morgan fingerprint density at radius 3 is 2.69 bits per heavy atom. The molecule has 2 rings (SSSR count). The van der Waals surface area contributed by atoms with Crippen molar-refractivity contribution >= 4 is 27.5 Å². The molecule has 2 aromatic rings. The lowest BCUT2D eigenvalue weighted by atomic mass is 10.1. The molecule has 0 saturated heterocycles. The first-order valence-electron chi connectivity index (χ1n) is 4.85. The maximum absolute atomic E-state index is 6.12. The molecule has 0 aliphatic carbocycles. The summed E-state index contributed by atoms with van der Waals surface area (Å²) in [7, 11) is 0. The predicted molar refractivity (Wildman–Crippen MR) is 68.6 cm³/mol. The molecule has 0 aliphatic heterocycles. The van der Waals surface area contributed by atoms with Crippen molar-refractivity contribution in [2.24, 2.45) is 5.73 Å². The number of benzene rings is 1. The van der Waals surface area contributed by atoms with Crippen LogP contribution in [-0.4, -0.2) is 0 Å². The lowest BCUT2D eigenvalue weighted by Gasteiger charge is -2.11. The van der Waals surface area contributed by atoms with Crippen molar-refractivity contribution in [3.8, 4) is 0 Å². The van der Waals surface area contributed by atoms with Crippen molar-refractivity contribution in [3.63, 3.8) is 0 Å². The molecule has 1 unspecified atom stereocenters. The fourth-order valence-corrected chi connectivity index (χ4v) is 2.20. The van der Waals surface area contributed by atoms with E-state index < -0.39 is 0 Å². The van der Waals surface area contributed by atoms with Crippen LogP contribution >= 0.6 is 27.5 Å². The van der Waals surface area contributed by atoms with Crippen molar-refractivity contribution in [1.29, 1.82) is 0 Å².